The molecule has 0 saturated heterocycles. The number of para-hydroxylation sites is 1. The van der Waals surface area contributed by atoms with Gasteiger partial charge >= 0.3 is 0 Å². The van der Waals surface area contributed by atoms with E-state index in [2.05, 4.69) is 4.98 Å². The number of aryl methyl sites for hydroxylation is 1. The molecule has 0 amide bonds. The van der Waals surface area contributed by atoms with Gasteiger partial charge in [-0.15, -0.1) is 0 Å². The summed E-state index contributed by atoms with van der Waals surface area (Å²) < 4.78 is 5.13. The van der Waals surface area contributed by atoms with Gasteiger partial charge < -0.3 is 9.84 Å². The molecule has 78 valence electrons. The van der Waals surface area contributed by atoms with Crippen LogP contribution in [0.3, 0.4) is 0 Å². The Bertz CT molecular complexity index is 494. The maximum Gasteiger partial charge on any atom is 0.219 e. The minimum absolute atomic E-state index is 0.0555. The van der Waals surface area contributed by atoms with Crippen LogP contribution in [-0.2, 0) is 6.61 Å². The summed E-state index contributed by atoms with van der Waals surface area (Å²) in [6, 6.07) is 7.88. The second-order valence-corrected chi connectivity index (χ2v) is 3.46. The van der Waals surface area contributed by atoms with Crippen LogP contribution in [0.15, 0.2) is 24.3 Å². The number of benzene rings is 1. The van der Waals surface area contributed by atoms with E-state index >= 15 is 0 Å². The summed E-state index contributed by atoms with van der Waals surface area (Å²) in [6.45, 7) is 1.95. The Balaban J connectivity index is 2.75. The Morgan fingerprint density at radius 1 is 1.40 bits per heavy atom. The molecule has 0 unspecified atom stereocenters. The third kappa shape index (κ3) is 1.66. The van der Waals surface area contributed by atoms with Crippen molar-refractivity contribution in [1.82, 2.24) is 4.98 Å². The molecule has 0 fully saturated rings. The molecule has 2 aromatic rings. The van der Waals surface area contributed by atoms with E-state index in [9.17, 15) is 0 Å². The van der Waals surface area contributed by atoms with Crippen molar-refractivity contribution >= 4 is 10.9 Å². The van der Waals surface area contributed by atoms with Crippen LogP contribution in [0, 0.1) is 6.92 Å². The van der Waals surface area contributed by atoms with Crippen molar-refractivity contribution in [3.63, 3.8) is 0 Å². The summed E-state index contributed by atoms with van der Waals surface area (Å²) in [5.41, 5.74) is 2.75. The molecule has 0 bridgehead atoms. The Morgan fingerprint density at radius 2 is 2.20 bits per heavy atom. The molecule has 3 heteroatoms. The molecule has 0 aliphatic rings. The lowest BCUT2D eigenvalue weighted by atomic mass is 10.1. The number of fused-ring (bicyclic) bond motifs is 1. The number of ether oxygens (including phenoxy) is 1. The van der Waals surface area contributed by atoms with E-state index in [0.717, 1.165) is 22.0 Å². The zero-order valence-corrected chi connectivity index (χ0v) is 8.82. The molecule has 0 radical (unpaired) electrons. The first-order valence-corrected chi connectivity index (χ1v) is 4.80. The summed E-state index contributed by atoms with van der Waals surface area (Å²) in [5.74, 6) is 0.499. The van der Waals surface area contributed by atoms with Gasteiger partial charge in [0.05, 0.1) is 19.2 Å². The van der Waals surface area contributed by atoms with Gasteiger partial charge in [-0.05, 0) is 18.6 Å². The van der Waals surface area contributed by atoms with Gasteiger partial charge in [0.2, 0.25) is 5.88 Å². The molecule has 1 heterocycles. The first-order chi connectivity index (χ1) is 7.26. The van der Waals surface area contributed by atoms with Crippen LogP contribution in [0.2, 0.25) is 0 Å². The van der Waals surface area contributed by atoms with Crippen LogP contribution in [0.4, 0.5) is 0 Å². The minimum Gasteiger partial charge on any atom is -0.481 e. The zero-order chi connectivity index (χ0) is 10.8. The number of methoxy groups -OCH3 is 1. The highest BCUT2D eigenvalue weighted by atomic mass is 16.5. The van der Waals surface area contributed by atoms with E-state index in [1.54, 1.807) is 7.11 Å². The standard InChI is InChI=1S/C12H13NO2/c1-8-4-3-5-9-6-10(7-14)12(15-2)13-11(8)9/h3-6,14H,7H2,1-2H3. The molecular weight excluding hydrogens is 190 g/mol. The van der Waals surface area contributed by atoms with Crippen LogP contribution >= 0.6 is 0 Å². The topological polar surface area (TPSA) is 42.4 Å². The van der Waals surface area contributed by atoms with Gasteiger partial charge in [-0.2, -0.15) is 0 Å². The first-order valence-electron chi connectivity index (χ1n) is 4.80. The fraction of sp³-hybridized carbons (Fsp3) is 0.250. The minimum atomic E-state index is -0.0555. The summed E-state index contributed by atoms with van der Waals surface area (Å²) >= 11 is 0. The normalized spacial score (nSPS) is 10.6. The number of nitrogens with zero attached hydrogens (tertiary/aromatic N) is 1. The number of pyridine rings is 1. The van der Waals surface area contributed by atoms with Crippen LogP contribution in [0.25, 0.3) is 10.9 Å². The van der Waals surface area contributed by atoms with E-state index in [4.69, 9.17) is 9.84 Å². The summed E-state index contributed by atoms with van der Waals surface area (Å²) in [7, 11) is 1.56. The van der Waals surface area contributed by atoms with Crippen molar-refractivity contribution in [2.45, 2.75) is 13.5 Å². The van der Waals surface area contributed by atoms with Crippen molar-refractivity contribution < 1.29 is 9.84 Å². The third-order valence-corrected chi connectivity index (χ3v) is 2.45. The summed E-state index contributed by atoms with van der Waals surface area (Å²) in [5, 5.41) is 10.2. The highest BCUT2D eigenvalue weighted by molar-refractivity contribution is 5.83. The van der Waals surface area contributed by atoms with Gasteiger partial charge in [-0.3, -0.25) is 0 Å². The van der Waals surface area contributed by atoms with Gasteiger partial charge in [0.25, 0.3) is 0 Å². The second-order valence-electron chi connectivity index (χ2n) is 3.46. The average Bonchev–Trinajstić information content (AvgIpc) is 2.28. The van der Waals surface area contributed by atoms with Gasteiger partial charge in [0, 0.05) is 10.9 Å². The number of aliphatic hydroxyl groups is 1. The molecular formula is C12H13NO2. The van der Waals surface area contributed by atoms with Gasteiger partial charge in [-0.1, -0.05) is 18.2 Å². The molecule has 2 rings (SSSR count). The molecule has 0 saturated carbocycles. The number of hydrogen-bond acceptors (Lipinski definition) is 3. The summed E-state index contributed by atoms with van der Waals surface area (Å²) in [6.07, 6.45) is 0. The molecule has 15 heavy (non-hydrogen) atoms. The van der Waals surface area contributed by atoms with Crippen molar-refractivity contribution in [1.29, 1.82) is 0 Å². The van der Waals surface area contributed by atoms with Crippen molar-refractivity contribution in [2.24, 2.45) is 0 Å². The van der Waals surface area contributed by atoms with E-state index in [0.29, 0.717) is 5.88 Å². The van der Waals surface area contributed by atoms with Crippen LogP contribution in [-0.4, -0.2) is 17.2 Å². The molecule has 0 spiro atoms. The van der Waals surface area contributed by atoms with Crippen molar-refractivity contribution in [3.05, 3.63) is 35.4 Å². The molecule has 3 nitrogen and oxygen atoms in total. The molecule has 1 aromatic heterocycles. The fourth-order valence-corrected chi connectivity index (χ4v) is 1.66. The lowest BCUT2D eigenvalue weighted by Gasteiger charge is -2.08. The van der Waals surface area contributed by atoms with E-state index in [1.807, 2.05) is 31.2 Å². The third-order valence-electron chi connectivity index (χ3n) is 2.45. The highest BCUT2D eigenvalue weighted by Gasteiger charge is 2.07. The number of aliphatic hydroxyl groups excluding tert-OH is 1. The Hall–Kier alpha value is -1.61. The SMILES string of the molecule is COc1nc2c(C)cccc2cc1CO. The first kappa shape index (κ1) is 9.93. The summed E-state index contributed by atoms with van der Waals surface area (Å²) in [4.78, 5) is 4.38. The average molecular weight is 203 g/mol. The highest BCUT2D eigenvalue weighted by Crippen LogP contribution is 2.23. The largest absolute Gasteiger partial charge is 0.481 e. The molecule has 1 N–H and O–H groups in total. The molecule has 0 atom stereocenters. The zero-order valence-electron chi connectivity index (χ0n) is 8.82. The Morgan fingerprint density at radius 3 is 2.87 bits per heavy atom. The lowest BCUT2D eigenvalue weighted by molar-refractivity contribution is 0.272. The van der Waals surface area contributed by atoms with E-state index in [1.165, 1.54) is 0 Å². The quantitative estimate of drug-likeness (QED) is 0.812. The predicted octanol–water partition coefficient (Wildman–Crippen LogP) is 2.04. The van der Waals surface area contributed by atoms with Gasteiger partial charge in [0.1, 0.15) is 0 Å². The maximum absolute atomic E-state index is 9.16. The second kappa shape index (κ2) is 3.87. The number of aromatic nitrogens is 1. The lowest BCUT2D eigenvalue weighted by Crippen LogP contribution is -1.96. The Labute approximate surface area is 88.3 Å². The van der Waals surface area contributed by atoms with Gasteiger partial charge in [0.15, 0.2) is 0 Å². The van der Waals surface area contributed by atoms with E-state index < -0.39 is 0 Å². The fourth-order valence-electron chi connectivity index (χ4n) is 1.66. The van der Waals surface area contributed by atoms with Crippen molar-refractivity contribution in [3.8, 4) is 5.88 Å². The maximum atomic E-state index is 9.16. The van der Waals surface area contributed by atoms with Crippen LogP contribution in [0.1, 0.15) is 11.1 Å². The number of hydrogen-bond donors (Lipinski definition) is 1. The smallest absolute Gasteiger partial charge is 0.219 e. The molecule has 0 aliphatic heterocycles. The Kier molecular flexibility index (Phi) is 2.56. The predicted molar refractivity (Wildman–Crippen MR) is 59.0 cm³/mol. The monoisotopic (exact) mass is 203 g/mol. The van der Waals surface area contributed by atoms with E-state index in [-0.39, 0.29) is 6.61 Å². The molecule has 1 aromatic carbocycles. The van der Waals surface area contributed by atoms with Crippen LogP contribution < -0.4 is 4.74 Å². The van der Waals surface area contributed by atoms with Crippen molar-refractivity contribution in [2.75, 3.05) is 7.11 Å². The molecule has 0 aliphatic carbocycles. The van der Waals surface area contributed by atoms with Gasteiger partial charge in [-0.25, -0.2) is 4.98 Å². The van der Waals surface area contributed by atoms with Crippen LogP contribution in [0.5, 0.6) is 5.88 Å². The number of rotatable bonds is 2.